The first-order valence-corrected chi connectivity index (χ1v) is 11.0. The van der Waals surface area contributed by atoms with Gasteiger partial charge in [-0.3, -0.25) is 9.69 Å². The Bertz CT molecular complexity index is 863. The maximum absolute atomic E-state index is 12.7. The highest BCUT2D eigenvalue weighted by molar-refractivity contribution is 5.96. The predicted molar refractivity (Wildman–Crippen MR) is 117 cm³/mol. The number of nitrogens with two attached hydrogens (primary N) is 1. The van der Waals surface area contributed by atoms with Crippen LogP contribution in [0.3, 0.4) is 0 Å². The third-order valence-corrected chi connectivity index (χ3v) is 6.15. The lowest BCUT2D eigenvalue weighted by Crippen LogP contribution is -2.40. The minimum atomic E-state index is -0.272. The van der Waals surface area contributed by atoms with Crippen molar-refractivity contribution in [3.05, 3.63) is 41.1 Å². The van der Waals surface area contributed by atoms with E-state index in [1.54, 1.807) is 11.8 Å². The molecule has 2 fully saturated rings. The maximum Gasteiger partial charge on any atom is 0.275 e. The average molecular weight is 429 g/mol. The lowest BCUT2D eigenvalue weighted by molar-refractivity contribution is 0.0342. The molecule has 1 aromatic carbocycles. The molecule has 1 aromatic heterocycles. The van der Waals surface area contributed by atoms with Crippen LogP contribution in [-0.4, -0.2) is 71.4 Å². The van der Waals surface area contributed by atoms with Gasteiger partial charge in [0, 0.05) is 32.8 Å². The Morgan fingerprint density at radius 2 is 1.90 bits per heavy atom. The van der Waals surface area contributed by atoms with Crippen molar-refractivity contribution in [2.24, 2.45) is 0 Å². The molecule has 9 heteroatoms. The molecule has 0 radical (unpaired) electrons. The van der Waals surface area contributed by atoms with Crippen LogP contribution in [0.15, 0.2) is 24.3 Å². The van der Waals surface area contributed by atoms with Crippen LogP contribution >= 0.6 is 0 Å². The summed E-state index contributed by atoms with van der Waals surface area (Å²) < 4.78 is 12.4. The van der Waals surface area contributed by atoms with E-state index in [4.69, 9.17) is 15.2 Å². The summed E-state index contributed by atoms with van der Waals surface area (Å²) in [7, 11) is 1.72. The molecule has 2 aliphatic rings. The number of nitrogen functional groups attached to an aromatic ring is 1. The Morgan fingerprint density at radius 3 is 2.61 bits per heavy atom. The molecule has 0 spiro atoms. The first kappa shape index (κ1) is 21.7. The number of nitrogens with zero attached hydrogens (tertiary/aromatic N) is 4. The van der Waals surface area contributed by atoms with E-state index in [0.717, 1.165) is 64.1 Å². The van der Waals surface area contributed by atoms with Gasteiger partial charge in [-0.05, 0) is 36.8 Å². The summed E-state index contributed by atoms with van der Waals surface area (Å²) in [4.78, 5) is 15.1. The summed E-state index contributed by atoms with van der Waals surface area (Å²) in [5.74, 6) is 0.0142. The quantitative estimate of drug-likeness (QED) is 0.687. The van der Waals surface area contributed by atoms with Crippen molar-refractivity contribution in [1.82, 2.24) is 25.2 Å². The SMILES string of the molecule is COC1CCCC(NC(=O)c2nnn(Cc3ccc(CN4CCOCC4)cc3)c2N)C1. The van der Waals surface area contributed by atoms with Crippen LogP contribution in [0.5, 0.6) is 0 Å². The van der Waals surface area contributed by atoms with E-state index >= 15 is 0 Å². The molecular formula is C22H32N6O3. The second kappa shape index (κ2) is 10.2. The number of carbonyl (C=O) groups excluding carboxylic acids is 1. The number of rotatable bonds is 7. The number of amides is 1. The second-order valence-corrected chi connectivity index (χ2v) is 8.38. The van der Waals surface area contributed by atoms with Crippen molar-refractivity contribution in [3.63, 3.8) is 0 Å². The molecular weight excluding hydrogens is 396 g/mol. The third-order valence-electron chi connectivity index (χ3n) is 6.15. The minimum Gasteiger partial charge on any atom is -0.382 e. The molecule has 2 aromatic rings. The molecule has 168 valence electrons. The van der Waals surface area contributed by atoms with Gasteiger partial charge in [0.15, 0.2) is 11.5 Å². The lowest BCUT2D eigenvalue weighted by Gasteiger charge is -2.28. The summed E-state index contributed by atoms with van der Waals surface area (Å²) in [5, 5.41) is 11.2. The van der Waals surface area contributed by atoms with Gasteiger partial charge in [-0.15, -0.1) is 5.10 Å². The molecule has 0 bridgehead atoms. The number of carbonyl (C=O) groups is 1. The highest BCUT2D eigenvalue weighted by Crippen LogP contribution is 2.21. The minimum absolute atomic E-state index is 0.0785. The fraction of sp³-hybridized carbons (Fsp3) is 0.591. The van der Waals surface area contributed by atoms with Gasteiger partial charge in [-0.1, -0.05) is 29.5 Å². The molecule has 1 aliphatic carbocycles. The van der Waals surface area contributed by atoms with E-state index in [2.05, 4.69) is 44.8 Å². The molecule has 31 heavy (non-hydrogen) atoms. The van der Waals surface area contributed by atoms with E-state index in [0.29, 0.717) is 6.54 Å². The van der Waals surface area contributed by atoms with Gasteiger partial charge in [0.1, 0.15) is 0 Å². The van der Waals surface area contributed by atoms with E-state index in [9.17, 15) is 4.79 Å². The van der Waals surface area contributed by atoms with Crippen molar-refractivity contribution in [2.75, 3.05) is 39.1 Å². The molecule has 2 heterocycles. The molecule has 2 atom stereocenters. The first-order chi connectivity index (χ1) is 15.1. The Labute approximate surface area is 182 Å². The molecule has 1 aliphatic heterocycles. The smallest absolute Gasteiger partial charge is 0.275 e. The van der Waals surface area contributed by atoms with Crippen LogP contribution in [0.4, 0.5) is 5.82 Å². The topological polar surface area (TPSA) is 108 Å². The molecule has 2 unspecified atom stereocenters. The largest absolute Gasteiger partial charge is 0.382 e. The number of anilines is 1. The Morgan fingerprint density at radius 1 is 1.19 bits per heavy atom. The zero-order chi connectivity index (χ0) is 21.6. The maximum atomic E-state index is 12.7. The zero-order valence-electron chi connectivity index (χ0n) is 18.1. The molecule has 1 amide bonds. The van der Waals surface area contributed by atoms with Crippen LogP contribution in [-0.2, 0) is 22.6 Å². The number of ether oxygens (including phenoxy) is 2. The fourth-order valence-corrected chi connectivity index (χ4v) is 4.28. The molecule has 3 N–H and O–H groups in total. The summed E-state index contributed by atoms with van der Waals surface area (Å²) in [6, 6.07) is 8.48. The van der Waals surface area contributed by atoms with Crippen LogP contribution in [0.1, 0.15) is 47.3 Å². The summed E-state index contributed by atoms with van der Waals surface area (Å²) in [6.45, 7) is 4.92. The first-order valence-electron chi connectivity index (χ1n) is 11.0. The molecule has 1 saturated heterocycles. The normalized spacial score (nSPS) is 22.4. The van der Waals surface area contributed by atoms with Crippen molar-refractivity contribution < 1.29 is 14.3 Å². The van der Waals surface area contributed by atoms with Gasteiger partial charge in [-0.25, -0.2) is 4.68 Å². The zero-order valence-corrected chi connectivity index (χ0v) is 18.1. The number of morpholine rings is 1. The number of hydrogen-bond donors (Lipinski definition) is 2. The van der Waals surface area contributed by atoms with Crippen LogP contribution in [0, 0.1) is 0 Å². The monoisotopic (exact) mass is 428 g/mol. The Hall–Kier alpha value is -2.49. The van der Waals surface area contributed by atoms with Gasteiger partial charge in [0.25, 0.3) is 5.91 Å². The number of methoxy groups -OCH3 is 1. The van der Waals surface area contributed by atoms with Gasteiger partial charge in [-0.2, -0.15) is 0 Å². The van der Waals surface area contributed by atoms with E-state index in [1.807, 2.05) is 0 Å². The fourth-order valence-electron chi connectivity index (χ4n) is 4.28. The number of benzene rings is 1. The Balaban J connectivity index is 1.34. The molecule has 9 nitrogen and oxygen atoms in total. The lowest BCUT2D eigenvalue weighted by atomic mass is 9.93. The number of hydrogen-bond acceptors (Lipinski definition) is 7. The molecule has 1 saturated carbocycles. The van der Waals surface area contributed by atoms with Gasteiger partial charge in [0.2, 0.25) is 0 Å². The van der Waals surface area contributed by atoms with E-state index in [1.165, 1.54) is 5.56 Å². The van der Waals surface area contributed by atoms with Crippen molar-refractivity contribution in [2.45, 2.75) is 50.9 Å². The highest BCUT2D eigenvalue weighted by atomic mass is 16.5. The van der Waals surface area contributed by atoms with Crippen molar-refractivity contribution >= 4 is 11.7 Å². The van der Waals surface area contributed by atoms with Crippen molar-refractivity contribution in [3.8, 4) is 0 Å². The third kappa shape index (κ3) is 5.61. The van der Waals surface area contributed by atoms with E-state index in [-0.39, 0.29) is 29.6 Å². The Kier molecular flexibility index (Phi) is 7.16. The van der Waals surface area contributed by atoms with Crippen LogP contribution in [0.25, 0.3) is 0 Å². The van der Waals surface area contributed by atoms with Gasteiger partial charge >= 0.3 is 0 Å². The highest BCUT2D eigenvalue weighted by Gasteiger charge is 2.26. The van der Waals surface area contributed by atoms with Crippen molar-refractivity contribution in [1.29, 1.82) is 0 Å². The average Bonchev–Trinajstić information content (AvgIpc) is 3.16. The standard InChI is InChI=1S/C22H32N6O3/c1-30-19-4-2-3-18(13-19)24-22(29)20-21(23)28(26-25-20)15-17-7-5-16(6-8-17)14-27-9-11-31-12-10-27/h5-8,18-19H,2-4,9-15,23H2,1H3,(H,24,29). The summed E-state index contributed by atoms with van der Waals surface area (Å²) in [5.41, 5.74) is 8.70. The van der Waals surface area contributed by atoms with Crippen LogP contribution in [0.2, 0.25) is 0 Å². The van der Waals surface area contributed by atoms with Gasteiger partial charge in [0.05, 0.1) is 25.9 Å². The van der Waals surface area contributed by atoms with E-state index < -0.39 is 0 Å². The van der Waals surface area contributed by atoms with Gasteiger partial charge < -0.3 is 20.5 Å². The summed E-state index contributed by atoms with van der Waals surface area (Å²) in [6.07, 6.45) is 4.02. The number of nitrogens with one attached hydrogen (secondary N) is 1. The second-order valence-electron chi connectivity index (χ2n) is 8.38. The summed E-state index contributed by atoms with van der Waals surface area (Å²) >= 11 is 0. The van der Waals surface area contributed by atoms with Crippen LogP contribution < -0.4 is 11.1 Å². The molecule has 4 rings (SSSR count). The predicted octanol–water partition coefficient (Wildman–Crippen LogP) is 1.43. The number of aromatic nitrogens is 3.